The van der Waals surface area contributed by atoms with Crippen molar-refractivity contribution in [3.8, 4) is 32.8 Å². The Bertz CT molecular complexity index is 1190. The van der Waals surface area contributed by atoms with Crippen LogP contribution in [0.5, 0.6) is 11.5 Å². The van der Waals surface area contributed by atoms with E-state index in [4.69, 9.17) is 20.2 Å². The number of thioether (sulfide) groups is 1. The van der Waals surface area contributed by atoms with Gasteiger partial charge in [-0.1, -0.05) is 17.8 Å². The monoisotopic (exact) mass is 473 g/mol. The topological polar surface area (TPSA) is 105 Å². The molecule has 2 N–H and O–H groups in total. The second-order valence-corrected chi connectivity index (χ2v) is 9.09. The Morgan fingerprint density at radius 2 is 2.00 bits per heavy atom. The zero-order chi connectivity index (χ0) is 21.8. The first kappa shape index (κ1) is 21.3. The highest BCUT2D eigenvalue weighted by atomic mass is 32.2. The van der Waals surface area contributed by atoms with Crippen LogP contribution in [0.1, 0.15) is 5.69 Å². The van der Waals surface area contributed by atoms with Crippen LogP contribution in [0.4, 0.5) is 0 Å². The standard InChI is InChI=1S/C20H19N5O3S3/c1-27-14-6-5-12(8-15(14)28-2)19-22-13(10-30-19)11-31-20-24-23-18(16-4-3-7-29-16)25(20)9-17(21)26/h3-8,10H,9,11H2,1-2H3,(H2,21,26). The highest BCUT2D eigenvalue weighted by Gasteiger charge is 2.17. The van der Waals surface area contributed by atoms with Crippen LogP contribution in [-0.2, 0) is 17.1 Å². The van der Waals surface area contributed by atoms with Crippen LogP contribution >= 0.6 is 34.4 Å². The zero-order valence-electron chi connectivity index (χ0n) is 16.8. The minimum atomic E-state index is -0.441. The summed E-state index contributed by atoms with van der Waals surface area (Å²) in [5.74, 6) is 2.12. The van der Waals surface area contributed by atoms with E-state index in [-0.39, 0.29) is 6.54 Å². The smallest absolute Gasteiger partial charge is 0.237 e. The summed E-state index contributed by atoms with van der Waals surface area (Å²) >= 11 is 4.56. The first-order valence-electron chi connectivity index (χ1n) is 9.14. The number of nitrogens with two attached hydrogens (primary N) is 1. The molecule has 0 aliphatic heterocycles. The van der Waals surface area contributed by atoms with Gasteiger partial charge in [-0.2, -0.15) is 0 Å². The number of hydrogen-bond donors (Lipinski definition) is 1. The predicted molar refractivity (Wildman–Crippen MR) is 123 cm³/mol. The van der Waals surface area contributed by atoms with Crippen LogP contribution < -0.4 is 15.2 Å². The zero-order valence-corrected chi connectivity index (χ0v) is 19.2. The molecule has 0 saturated carbocycles. The van der Waals surface area contributed by atoms with Crippen molar-refractivity contribution in [1.29, 1.82) is 0 Å². The van der Waals surface area contributed by atoms with Crippen LogP contribution in [0, 0.1) is 0 Å². The molecule has 1 amide bonds. The number of aromatic nitrogens is 4. The molecule has 3 aromatic heterocycles. The minimum absolute atomic E-state index is 0.0243. The summed E-state index contributed by atoms with van der Waals surface area (Å²) in [5, 5.41) is 14.0. The Hall–Kier alpha value is -2.89. The number of hydrogen-bond acceptors (Lipinski definition) is 9. The van der Waals surface area contributed by atoms with E-state index in [1.165, 1.54) is 23.1 Å². The molecule has 0 aliphatic rings. The molecular formula is C20H19N5O3S3. The van der Waals surface area contributed by atoms with Crippen molar-refractivity contribution >= 4 is 40.3 Å². The molecule has 8 nitrogen and oxygen atoms in total. The SMILES string of the molecule is COc1ccc(-c2nc(CSc3nnc(-c4cccs4)n3CC(N)=O)cs2)cc1OC. The van der Waals surface area contributed by atoms with Crippen molar-refractivity contribution in [3.05, 3.63) is 46.8 Å². The van der Waals surface area contributed by atoms with Crippen LogP contribution in [0.15, 0.2) is 46.2 Å². The molecule has 0 unspecified atom stereocenters. The second kappa shape index (κ2) is 9.50. The summed E-state index contributed by atoms with van der Waals surface area (Å²) in [6, 6.07) is 9.60. The fourth-order valence-electron chi connectivity index (χ4n) is 2.90. The summed E-state index contributed by atoms with van der Waals surface area (Å²) < 4.78 is 12.4. The molecule has 11 heteroatoms. The molecule has 160 valence electrons. The van der Waals surface area contributed by atoms with Gasteiger partial charge in [0.25, 0.3) is 0 Å². The van der Waals surface area contributed by atoms with Crippen molar-refractivity contribution in [2.75, 3.05) is 14.2 Å². The van der Waals surface area contributed by atoms with E-state index < -0.39 is 5.91 Å². The highest BCUT2D eigenvalue weighted by molar-refractivity contribution is 7.98. The van der Waals surface area contributed by atoms with Crippen molar-refractivity contribution in [2.45, 2.75) is 17.5 Å². The number of benzene rings is 1. The van der Waals surface area contributed by atoms with Crippen molar-refractivity contribution in [1.82, 2.24) is 19.7 Å². The molecule has 31 heavy (non-hydrogen) atoms. The fourth-order valence-corrected chi connectivity index (χ4v) is 5.37. The van der Waals surface area contributed by atoms with E-state index in [0.717, 1.165) is 21.1 Å². The van der Waals surface area contributed by atoms with Gasteiger partial charge >= 0.3 is 0 Å². The first-order chi connectivity index (χ1) is 15.1. The van der Waals surface area contributed by atoms with E-state index in [2.05, 4.69) is 10.2 Å². The van der Waals surface area contributed by atoms with Gasteiger partial charge < -0.3 is 15.2 Å². The quantitative estimate of drug-likeness (QED) is 0.367. The van der Waals surface area contributed by atoms with Gasteiger partial charge in [0, 0.05) is 16.7 Å². The number of amides is 1. The van der Waals surface area contributed by atoms with Gasteiger partial charge in [-0.25, -0.2) is 4.98 Å². The molecule has 0 radical (unpaired) electrons. The summed E-state index contributed by atoms with van der Waals surface area (Å²) in [7, 11) is 3.22. The lowest BCUT2D eigenvalue weighted by molar-refractivity contribution is -0.118. The molecule has 0 aliphatic carbocycles. The third kappa shape index (κ3) is 4.73. The van der Waals surface area contributed by atoms with Crippen LogP contribution in [0.2, 0.25) is 0 Å². The van der Waals surface area contributed by atoms with Crippen molar-refractivity contribution < 1.29 is 14.3 Å². The Morgan fingerprint density at radius 1 is 1.16 bits per heavy atom. The third-order valence-corrected chi connectivity index (χ3v) is 7.11. The lowest BCUT2D eigenvalue weighted by atomic mass is 10.2. The maximum absolute atomic E-state index is 11.6. The molecule has 0 atom stereocenters. The molecule has 0 bridgehead atoms. The fraction of sp³-hybridized carbons (Fsp3) is 0.200. The molecule has 3 heterocycles. The van der Waals surface area contributed by atoms with Crippen molar-refractivity contribution in [3.63, 3.8) is 0 Å². The highest BCUT2D eigenvalue weighted by Crippen LogP contribution is 2.34. The minimum Gasteiger partial charge on any atom is -0.493 e. The average molecular weight is 474 g/mol. The number of rotatable bonds is 9. The van der Waals surface area contributed by atoms with Gasteiger partial charge in [0.15, 0.2) is 22.5 Å². The van der Waals surface area contributed by atoms with Gasteiger partial charge in [-0.15, -0.1) is 32.9 Å². The van der Waals surface area contributed by atoms with Gasteiger partial charge in [0.05, 0.1) is 24.8 Å². The van der Waals surface area contributed by atoms with E-state index >= 15 is 0 Å². The third-order valence-electron chi connectivity index (χ3n) is 4.30. The van der Waals surface area contributed by atoms with E-state index in [1.54, 1.807) is 30.1 Å². The maximum atomic E-state index is 11.6. The normalized spacial score (nSPS) is 10.9. The Kier molecular flexibility index (Phi) is 6.54. The van der Waals surface area contributed by atoms with E-state index in [9.17, 15) is 4.79 Å². The molecule has 4 rings (SSSR count). The lowest BCUT2D eigenvalue weighted by Gasteiger charge is -2.08. The van der Waals surface area contributed by atoms with E-state index in [1.807, 2.05) is 41.1 Å². The molecule has 0 saturated heterocycles. The predicted octanol–water partition coefficient (Wildman–Crippen LogP) is 3.92. The molecular weight excluding hydrogens is 454 g/mol. The number of thiazole rings is 1. The number of methoxy groups -OCH3 is 2. The summed E-state index contributed by atoms with van der Waals surface area (Å²) in [6.45, 7) is 0.0243. The van der Waals surface area contributed by atoms with Crippen molar-refractivity contribution in [2.24, 2.45) is 5.73 Å². The number of thiophene rings is 1. The molecule has 0 fully saturated rings. The number of carbonyl (C=O) groups excluding carboxylic acids is 1. The summed E-state index contributed by atoms with van der Waals surface area (Å²) in [6.07, 6.45) is 0. The summed E-state index contributed by atoms with van der Waals surface area (Å²) in [5.41, 5.74) is 7.31. The Balaban J connectivity index is 1.52. The van der Waals surface area contributed by atoms with Crippen LogP contribution in [-0.4, -0.2) is 39.9 Å². The largest absolute Gasteiger partial charge is 0.493 e. The maximum Gasteiger partial charge on any atom is 0.237 e. The Labute approximate surface area is 191 Å². The first-order valence-corrected chi connectivity index (χ1v) is 11.9. The van der Waals surface area contributed by atoms with Gasteiger partial charge in [0.2, 0.25) is 5.91 Å². The average Bonchev–Trinajstić information content (AvgIpc) is 3.52. The second-order valence-electron chi connectivity index (χ2n) is 6.34. The van der Waals surface area contributed by atoms with Gasteiger partial charge in [0.1, 0.15) is 11.6 Å². The number of nitrogens with zero attached hydrogens (tertiary/aromatic N) is 4. The molecule has 4 aromatic rings. The number of primary amides is 1. The number of carbonyl (C=O) groups is 1. The summed E-state index contributed by atoms with van der Waals surface area (Å²) in [4.78, 5) is 17.2. The number of ether oxygens (including phenoxy) is 2. The van der Waals surface area contributed by atoms with Gasteiger partial charge in [-0.05, 0) is 29.6 Å². The van der Waals surface area contributed by atoms with Crippen LogP contribution in [0.3, 0.4) is 0 Å². The van der Waals surface area contributed by atoms with E-state index in [0.29, 0.717) is 28.2 Å². The Morgan fingerprint density at radius 3 is 2.71 bits per heavy atom. The molecule has 0 spiro atoms. The van der Waals surface area contributed by atoms with Gasteiger partial charge in [-0.3, -0.25) is 9.36 Å². The lowest BCUT2D eigenvalue weighted by Crippen LogP contribution is -2.19. The molecule has 1 aromatic carbocycles. The van der Waals surface area contributed by atoms with Crippen LogP contribution in [0.25, 0.3) is 21.3 Å².